The van der Waals surface area contributed by atoms with E-state index in [1.165, 1.54) is 0 Å². The summed E-state index contributed by atoms with van der Waals surface area (Å²) >= 11 is 0. The van der Waals surface area contributed by atoms with Crippen LogP contribution in [0.2, 0.25) is 0 Å². The lowest BCUT2D eigenvalue weighted by Crippen LogP contribution is -2.26. The first kappa shape index (κ1) is 18.0. The molecule has 0 fully saturated rings. The maximum absolute atomic E-state index is 12.2. The molecule has 1 N–H and O–H groups in total. The molecule has 2 rings (SSSR count). The van der Waals surface area contributed by atoms with Crippen LogP contribution in [-0.2, 0) is 6.54 Å². The lowest BCUT2D eigenvalue weighted by Gasteiger charge is -2.19. The van der Waals surface area contributed by atoms with Gasteiger partial charge in [0, 0.05) is 38.1 Å². The van der Waals surface area contributed by atoms with E-state index in [9.17, 15) is 4.79 Å². The van der Waals surface area contributed by atoms with Crippen LogP contribution >= 0.6 is 0 Å². The van der Waals surface area contributed by atoms with E-state index in [0.717, 1.165) is 43.3 Å². The number of aryl methyl sites for hydroxylation is 3. The summed E-state index contributed by atoms with van der Waals surface area (Å²) in [5.41, 5.74) is 2.77. The number of hydrogen-bond acceptors (Lipinski definition) is 4. The quantitative estimate of drug-likeness (QED) is 0.756. The monoisotopic (exact) mass is 329 g/mol. The number of aromatic nitrogens is 3. The Balaban J connectivity index is 1.81. The van der Waals surface area contributed by atoms with Crippen LogP contribution in [0.15, 0.2) is 24.4 Å². The Labute approximate surface area is 143 Å². The number of anilines is 1. The van der Waals surface area contributed by atoms with E-state index in [1.807, 2.05) is 30.7 Å². The highest BCUT2D eigenvalue weighted by Crippen LogP contribution is 2.10. The van der Waals surface area contributed by atoms with Crippen LogP contribution in [0.1, 0.15) is 42.0 Å². The standard InChI is InChI=1S/C18H27N5O/c1-5-22(6-2)17-9-8-16(13-20-17)18(24)19-10-7-11-23-15(4)12-14(3)21-23/h8-9,12-13H,5-7,10-11H2,1-4H3,(H,19,24). The van der Waals surface area contributed by atoms with E-state index in [4.69, 9.17) is 0 Å². The van der Waals surface area contributed by atoms with Crippen molar-refractivity contribution in [1.82, 2.24) is 20.1 Å². The van der Waals surface area contributed by atoms with Crippen LogP contribution in [0.3, 0.4) is 0 Å². The highest BCUT2D eigenvalue weighted by Gasteiger charge is 2.08. The molecule has 6 nitrogen and oxygen atoms in total. The molecule has 2 aromatic rings. The maximum Gasteiger partial charge on any atom is 0.252 e. The average molecular weight is 329 g/mol. The summed E-state index contributed by atoms with van der Waals surface area (Å²) in [5.74, 6) is 0.822. The van der Waals surface area contributed by atoms with Crippen molar-refractivity contribution in [3.8, 4) is 0 Å². The average Bonchev–Trinajstić information content (AvgIpc) is 2.90. The minimum absolute atomic E-state index is 0.0815. The van der Waals surface area contributed by atoms with Crippen molar-refractivity contribution in [1.29, 1.82) is 0 Å². The van der Waals surface area contributed by atoms with E-state index in [0.29, 0.717) is 12.1 Å². The maximum atomic E-state index is 12.2. The second-order valence-electron chi connectivity index (χ2n) is 5.84. The molecule has 0 aliphatic carbocycles. The van der Waals surface area contributed by atoms with Crippen LogP contribution in [0.25, 0.3) is 0 Å². The zero-order chi connectivity index (χ0) is 17.5. The van der Waals surface area contributed by atoms with Crippen LogP contribution < -0.4 is 10.2 Å². The van der Waals surface area contributed by atoms with Gasteiger partial charge in [-0.05, 0) is 52.3 Å². The van der Waals surface area contributed by atoms with Crippen LogP contribution in [-0.4, -0.2) is 40.3 Å². The summed E-state index contributed by atoms with van der Waals surface area (Å²) in [6, 6.07) is 5.79. The third-order valence-corrected chi connectivity index (χ3v) is 4.03. The molecule has 0 aliphatic heterocycles. The Morgan fingerprint density at radius 1 is 1.25 bits per heavy atom. The van der Waals surface area contributed by atoms with E-state index in [-0.39, 0.29) is 5.91 Å². The molecule has 2 aromatic heterocycles. The molecule has 6 heteroatoms. The molecule has 2 heterocycles. The molecule has 0 aliphatic rings. The Kier molecular flexibility index (Phi) is 6.35. The third-order valence-electron chi connectivity index (χ3n) is 4.03. The van der Waals surface area contributed by atoms with Gasteiger partial charge in [-0.1, -0.05) is 0 Å². The first-order chi connectivity index (χ1) is 11.5. The predicted octanol–water partition coefficient (Wildman–Crippen LogP) is 2.56. The first-order valence-electron chi connectivity index (χ1n) is 8.55. The summed E-state index contributed by atoms with van der Waals surface area (Å²) in [6.07, 6.45) is 2.49. The molecular formula is C18H27N5O. The van der Waals surface area contributed by atoms with Crippen molar-refractivity contribution in [2.75, 3.05) is 24.5 Å². The number of rotatable bonds is 8. The Hall–Kier alpha value is -2.37. The molecule has 130 valence electrons. The highest BCUT2D eigenvalue weighted by atomic mass is 16.1. The number of amides is 1. The van der Waals surface area contributed by atoms with Crippen LogP contribution in [0.4, 0.5) is 5.82 Å². The second kappa shape index (κ2) is 8.47. The van der Waals surface area contributed by atoms with E-state index in [2.05, 4.69) is 40.2 Å². The second-order valence-corrected chi connectivity index (χ2v) is 5.84. The Morgan fingerprint density at radius 3 is 2.54 bits per heavy atom. The van der Waals surface area contributed by atoms with E-state index < -0.39 is 0 Å². The molecule has 0 spiro atoms. The smallest absolute Gasteiger partial charge is 0.252 e. The minimum atomic E-state index is -0.0815. The van der Waals surface area contributed by atoms with Gasteiger partial charge in [-0.25, -0.2) is 4.98 Å². The number of carbonyl (C=O) groups excluding carboxylic acids is 1. The normalized spacial score (nSPS) is 10.7. The molecule has 1 amide bonds. The third kappa shape index (κ3) is 4.57. The number of hydrogen-bond donors (Lipinski definition) is 1. The van der Waals surface area contributed by atoms with Crippen LogP contribution in [0.5, 0.6) is 0 Å². The lowest BCUT2D eigenvalue weighted by molar-refractivity contribution is 0.0952. The number of nitrogens with one attached hydrogen (secondary N) is 1. The molecule has 0 unspecified atom stereocenters. The molecule has 0 bridgehead atoms. The highest BCUT2D eigenvalue weighted by molar-refractivity contribution is 5.94. The van der Waals surface area contributed by atoms with Crippen molar-refractivity contribution < 1.29 is 4.79 Å². The lowest BCUT2D eigenvalue weighted by atomic mass is 10.2. The predicted molar refractivity (Wildman–Crippen MR) is 96.4 cm³/mol. The Bertz CT molecular complexity index is 659. The number of carbonyl (C=O) groups is 1. The topological polar surface area (TPSA) is 63.1 Å². The van der Waals surface area contributed by atoms with Crippen molar-refractivity contribution in [2.24, 2.45) is 0 Å². The van der Waals surface area contributed by atoms with Gasteiger partial charge in [0.15, 0.2) is 0 Å². The summed E-state index contributed by atoms with van der Waals surface area (Å²) in [7, 11) is 0. The molecule has 0 radical (unpaired) electrons. The Morgan fingerprint density at radius 2 is 2.00 bits per heavy atom. The molecule has 0 saturated carbocycles. The van der Waals surface area contributed by atoms with Crippen molar-refractivity contribution in [3.05, 3.63) is 41.3 Å². The first-order valence-corrected chi connectivity index (χ1v) is 8.55. The number of nitrogens with zero attached hydrogens (tertiary/aromatic N) is 4. The van der Waals surface area contributed by atoms with Crippen molar-refractivity contribution >= 4 is 11.7 Å². The van der Waals surface area contributed by atoms with E-state index in [1.54, 1.807) is 6.20 Å². The van der Waals surface area contributed by atoms with Crippen molar-refractivity contribution in [2.45, 2.75) is 40.7 Å². The molecule has 0 atom stereocenters. The fraction of sp³-hybridized carbons (Fsp3) is 0.500. The zero-order valence-electron chi connectivity index (χ0n) is 15.0. The fourth-order valence-corrected chi connectivity index (χ4v) is 2.69. The largest absolute Gasteiger partial charge is 0.357 e. The SMILES string of the molecule is CCN(CC)c1ccc(C(=O)NCCCn2nc(C)cc2C)cn1. The van der Waals surface area contributed by atoms with E-state index >= 15 is 0 Å². The summed E-state index contributed by atoms with van der Waals surface area (Å²) in [4.78, 5) is 18.7. The van der Waals surface area contributed by atoms with Gasteiger partial charge in [-0.2, -0.15) is 5.10 Å². The molecule has 24 heavy (non-hydrogen) atoms. The van der Waals surface area contributed by atoms with Gasteiger partial charge in [0.25, 0.3) is 5.91 Å². The van der Waals surface area contributed by atoms with Gasteiger partial charge in [-0.3, -0.25) is 9.48 Å². The fourth-order valence-electron chi connectivity index (χ4n) is 2.69. The summed E-state index contributed by atoms with van der Waals surface area (Å²) in [5, 5.41) is 7.36. The summed E-state index contributed by atoms with van der Waals surface area (Å²) < 4.78 is 1.97. The van der Waals surface area contributed by atoms with Gasteiger partial charge in [-0.15, -0.1) is 0 Å². The summed E-state index contributed by atoms with van der Waals surface area (Å²) in [6.45, 7) is 11.4. The van der Waals surface area contributed by atoms with Gasteiger partial charge >= 0.3 is 0 Å². The van der Waals surface area contributed by atoms with Gasteiger partial charge in [0.1, 0.15) is 5.82 Å². The van der Waals surface area contributed by atoms with Gasteiger partial charge in [0.05, 0.1) is 11.3 Å². The molecule has 0 saturated heterocycles. The van der Waals surface area contributed by atoms with Crippen molar-refractivity contribution in [3.63, 3.8) is 0 Å². The minimum Gasteiger partial charge on any atom is -0.357 e. The van der Waals surface area contributed by atoms with Crippen LogP contribution in [0, 0.1) is 13.8 Å². The number of pyridine rings is 1. The zero-order valence-corrected chi connectivity index (χ0v) is 15.0. The molecule has 0 aromatic carbocycles. The van der Waals surface area contributed by atoms with Gasteiger partial charge in [0.2, 0.25) is 0 Å². The van der Waals surface area contributed by atoms with Gasteiger partial charge < -0.3 is 10.2 Å². The molecular weight excluding hydrogens is 302 g/mol.